The Morgan fingerprint density at radius 3 is 2.39 bits per heavy atom. The minimum Gasteiger partial charge on any atom is -0.444 e. The summed E-state index contributed by atoms with van der Waals surface area (Å²) in [5.74, 6) is 0. The Bertz CT molecular complexity index is 739. The number of halogens is 1. The Hall–Kier alpha value is -1.77. The average Bonchev–Trinajstić information content (AvgIpc) is 2.72. The van der Waals surface area contributed by atoms with Gasteiger partial charge in [0.05, 0.1) is 11.2 Å². The van der Waals surface area contributed by atoms with Crippen molar-refractivity contribution in [3.05, 3.63) is 28.5 Å². The van der Waals surface area contributed by atoms with Gasteiger partial charge in [-0.05, 0) is 60.0 Å². The lowest BCUT2D eigenvalue weighted by Crippen LogP contribution is -2.41. The summed E-state index contributed by atoms with van der Waals surface area (Å²) in [6.45, 7) is 13.4. The number of rotatable bonds is 4. The summed E-state index contributed by atoms with van der Waals surface area (Å²) in [5, 5.41) is 2.99. The number of carbonyl (C=O) groups excluding carboxylic acids is 1. The van der Waals surface area contributed by atoms with Crippen LogP contribution in [0.25, 0.3) is 6.08 Å². The number of nitrogens with two attached hydrogens (primary N) is 1. The summed E-state index contributed by atoms with van der Waals surface area (Å²) in [5.41, 5.74) is 6.03. The van der Waals surface area contributed by atoms with Crippen LogP contribution >= 0.6 is 11.6 Å². The van der Waals surface area contributed by atoms with Crippen LogP contribution in [0.3, 0.4) is 0 Å². The van der Waals surface area contributed by atoms with E-state index >= 15 is 0 Å². The lowest BCUT2D eigenvalue weighted by atomic mass is 9.77. The number of pyridine rings is 1. The van der Waals surface area contributed by atoms with Crippen LogP contribution in [0, 0.1) is 0 Å². The molecule has 1 saturated heterocycles. The SMILES string of the molecule is CC(C)(C)OC(=O)NCC(=Cc1c(N)ccnc1Cl)B1OC(C)(C)C(C)(C)O1. The average molecular weight is 410 g/mol. The van der Waals surface area contributed by atoms with Gasteiger partial charge in [0.2, 0.25) is 0 Å². The van der Waals surface area contributed by atoms with E-state index in [1.54, 1.807) is 32.9 Å². The first-order valence-corrected chi connectivity index (χ1v) is 9.52. The van der Waals surface area contributed by atoms with Crippen molar-refractivity contribution in [3.63, 3.8) is 0 Å². The second-order valence-corrected chi connectivity index (χ2v) is 9.13. The van der Waals surface area contributed by atoms with E-state index in [2.05, 4.69) is 10.3 Å². The van der Waals surface area contributed by atoms with Crippen molar-refractivity contribution in [1.29, 1.82) is 0 Å². The molecule has 0 aromatic carbocycles. The third kappa shape index (κ3) is 5.40. The Morgan fingerprint density at radius 1 is 1.32 bits per heavy atom. The fourth-order valence-corrected chi connectivity index (χ4v) is 2.69. The molecule has 154 valence electrons. The largest absolute Gasteiger partial charge is 0.492 e. The van der Waals surface area contributed by atoms with Gasteiger partial charge in [-0.25, -0.2) is 9.78 Å². The number of nitrogens with zero attached hydrogens (tertiary/aromatic N) is 1. The number of nitrogens with one attached hydrogen (secondary N) is 1. The summed E-state index contributed by atoms with van der Waals surface area (Å²) < 4.78 is 17.6. The van der Waals surface area contributed by atoms with Crippen molar-refractivity contribution in [2.75, 3.05) is 12.3 Å². The number of hydrogen-bond donors (Lipinski definition) is 2. The van der Waals surface area contributed by atoms with E-state index in [1.165, 1.54) is 6.20 Å². The molecular formula is C19H29BClN3O4. The first-order valence-electron chi connectivity index (χ1n) is 9.15. The predicted octanol–water partition coefficient (Wildman–Crippen LogP) is 3.86. The third-order valence-electron chi connectivity index (χ3n) is 4.70. The molecule has 1 aliphatic rings. The molecule has 0 bridgehead atoms. The van der Waals surface area contributed by atoms with Crippen molar-refractivity contribution >= 4 is 36.6 Å². The van der Waals surface area contributed by atoms with Crippen LogP contribution in [-0.2, 0) is 14.0 Å². The van der Waals surface area contributed by atoms with Crippen LogP contribution in [0.1, 0.15) is 54.0 Å². The first kappa shape index (κ1) is 22.5. The molecule has 0 spiro atoms. The summed E-state index contributed by atoms with van der Waals surface area (Å²) in [7, 11) is -0.685. The number of anilines is 1. The van der Waals surface area contributed by atoms with Gasteiger partial charge in [-0.2, -0.15) is 0 Å². The van der Waals surface area contributed by atoms with Crippen molar-refractivity contribution in [1.82, 2.24) is 10.3 Å². The predicted molar refractivity (Wildman–Crippen MR) is 112 cm³/mol. The molecule has 3 N–H and O–H groups in total. The van der Waals surface area contributed by atoms with Gasteiger partial charge in [0.15, 0.2) is 0 Å². The van der Waals surface area contributed by atoms with Crippen LogP contribution in [0.2, 0.25) is 5.15 Å². The van der Waals surface area contributed by atoms with Gasteiger partial charge in [0, 0.05) is 24.0 Å². The maximum atomic E-state index is 12.1. The lowest BCUT2D eigenvalue weighted by Gasteiger charge is -2.32. The molecule has 0 unspecified atom stereocenters. The lowest BCUT2D eigenvalue weighted by molar-refractivity contribution is 0.00578. The van der Waals surface area contributed by atoms with Gasteiger partial charge >= 0.3 is 13.2 Å². The summed E-state index contributed by atoms with van der Waals surface area (Å²) in [6.07, 6.45) is 2.73. The second kappa shape index (κ2) is 7.93. The number of carbonyl (C=O) groups is 1. The highest BCUT2D eigenvalue weighted by atomic mass is 35.5. The van der Waals surface area contributed by atoms with Crippen molar-refractivity contribution in [2.45, 2.75) is 65.3 Å². The molecule has 1 aliphatic heterocycles. The van der Waals surface area contributed by atoms with Gasteiger partial charge in [-0.1, -0.05) is 17.7 Å². The number of ether oxygens (including phenoxy) is 1. The molecule has 1 amide bonds. The monoisotopic (exact) mass is 409 g/mol. The molecule has 9 heteroatoms. The number of nitrogen functional groups attached to an aromatic ring is 1. The van der Waals surface area contributed by atoms with E-state index < -0.39 is 30.0 Å². The Morgan fingerprint density at radius 2 is 1.89 bits per heavy atom. The second-order valence-electron chi connectivity index (χ2n) is 8.77. The van der Waals surface area contributed by atoms with E-state index in [4.69, 9.17) is 31.4 Å². The molecule has 0 aliphatic carbocycles. The summed E-state index contributed by atoms with van der Waals surface area (Å²) in [6, 6.07) is 1.65. The van der Waals surface area contributed by atoms with Crippen molar-refractivity contribution in [2.24, 2.45) is 0 Å². The normalized spacial score (nSPS) is 18.9. The molecule has 1 aromatic heterocycles. The van der Waals surface area contributed by atoms with E-state index in [0.717, 1.165) is 0 Å². The Kier molecular flexibility index (Phi) is 6.38. The molecule has 0 saturated carbocycles. The standard InChI is InChI=1S/C19H29BClN3O4/c1-17(2,3)26-16(25)24-11-12(10-13-14(22)8-9-23-15(13)21)20-27-18(4,5)19(6,7)28-20/h8-10H,11H2,1-7H3,(H2,22,23)(H,24,25). The Labute approximate surface area is 172 Å². The van der Waals surface area contributed by atoms with Gasteiger partial charge in [0.1, 0.15) is 10.8 Å². The first-order chi connectivity index (χ1) is 12.7. The number of aromatic nitrogens is 1. The van der Waals surface area contributed by atoms with Gasteiger partial charge in [0.25, 0.3) is 0 Å². The van der Waals surface area contributed by atoms with Gasteiger partial charge in [-0.3, -0.25) is 0 Å². The van der Waals surface area contributed by atoms with E-state index in [0.29, 0.717) is 16.7 Å². The zero-order chi connectivity index (χ0) is 21.3. The van der Waals surface area contributed by atoms with Crippen LogP contribution in [-0.4, -0.2) is 41.5 Å². The van der Waals surface area contributed by atoms with Crippen molar-refractivity contribution < 1.29 is 18.8 Å². The van der Waals surface area contributed by atoms with Crippen LogP contribution in [0.5, 0.6) is 0 Å². The van der Waals surface area contributed by atoms with Crippen LogP contribution in [0.4, 0.5) is 10.5 Å². The molecular weight excluding hydrogens is 380 g/mol. The highest BCUT2D eigenvalue weighted by Crippen LogP contribution is 2.39. The van der Waals surface area contributed by atoms with E-state index in [-0.39, 0.29) is 11.7 Å². The minimum atomic E-state index is -0.685. The molecule has 0 atom stereocenters. The number of alkyl carbamates (subject to hydrolysis) is 1. The fraction of sp³-hybridized carbons (Fsp3) is 0.579. The highest BCUT2D eigenvalue weighted by molar-refractivity contribution is 6.56. The van der Waals surface area contributed by atoms with Gasteiger partial charge < -0.3 is 25.1 Å². The highest BCUT2D eigenvalue weighted by Gasteiger charge is 2.52. The smallest absolute Gasteiger partial charge is 0.444 e. The number of amides is 1. The molecule has 2 rings (SSSR count). The zero-order valence-electron chi connectivity index (χ0n) is 17.6. The van der Waals surface area contributed by atoms with E-state index in [1.807, 2.05) is 27.7 Å². The Balaban J connectivity index is 2.32. The zero-order valence-corrected chi connectivity index (χ0v) is 18.3. The minimum absolute atomic E-state index is 0.135. The fourth-order valence-electron chi connectivity index (χ4n) is 2.47. The molecule has 2 heterocycles. The molecule has 7 nitrogen and oxygen atoms in total. The maximum Gasteiger partial charge on any atom is 0.492 e. The third-order valence-corrected chi connectivity index (χ3v) is 5.00. The topological polar surface area (TPSA) is 95.7 Å². The van der Waals surface area contributed by atoms with Crippen molar-refractivity contribution in [3.8, 4) is 0 Å². The quantitative estimate of drug-likeness (QED) is 0.579. The van der Waals surface area contributed by atoms with Crippen LogP contribution in [0.15, 0.2) is 17.7 Å². The molecule has 1 aromatic rings. The summed E-state index contributed by atoms with van der Waals surface area (Å²) >= 11 is 6.21. The molecule has 1 fully saturated rings. The maximum absolute atomic E-state index is 12.1. The summed E-state index contributed by atoms with van der Waals surface area (Å²) in [4.78, 5) is 16.2. The van der Waals surface area contributed by atoms with Gasteiger partial charge in [-0.15, -0.1) is 0 Å². The van der Waals surface area contributed by atoms with Crippen LogP contribution < -0.4 is 11.1 Å². The van der Waals surface area contributed by atoms with E-state index in [9.17, 15) is 4.79 Å². The number of hydrogen-bond acceptors (Lipinski definition) is 6. The molecule has 28 heavy (non-hydrogen) atoms. The molecule has 0 radical (unpaired) electrons.